The molecular weight excluding hydrogens is 131 g/mol. The van der Waals surface area contributed by atoms with Crippen molar-refractivity contribution < 1.29 is 0 Å². The van der Waals surface area contributed by atoms with Gasteiger partial charge in [-0.1, -0.05) is 58.8 Å². The van der Waals surface area contributed by atoms with Gasteiger partial charge in [-0.2, -0.15) is 0 Å². The van der Waals surface area contributed by atoms with Gasteiger partial charge in [-0.3, -0.25) is 0 Å². The second kappa shape index (κ2) is 12.7. The van der Waals surface area contributed by atoms with Crippen LogP contribution in [-0.2, 0) is 0 Å². The molecule has 0 nitrogen and oxygen atoms in total. The van der Waals surface area contributed by atoms with E-state index in [9.17, 15) is 0 Å². The Morgan fingerprint density at radius 3 is 1.90 bits per heavy atom. The zero-order chi connectivity index (χ0) is 6.95. The molecule has 57 valence electrons. The fourth-order valence-corrected chi connectivity index (χ4v) is 0.957. The minimum absolute atomic E-state index is 0. The van der Waals surface area contributed by atoms with Crippen molar-refractivity contribution in [3.05, 3.63) is 6.92 Å². The minimum atomic E-state index is 0. The average Bonchev–Trinajstić information content (AvgIpc) is 1.89. The molecule has 0 fully saturated rings. The molecule has 0 saturated heterocycles. The summed E-state index contributed by atoms with van der Waals surface area (Å²) in [6.07, 6.45) is 9.45. The van der Waals surface area contributed by atoms with Gasteiger partial charge in [0.05, 0.1) is 0 Å². The second-order valence-corrected chi connectivity index (χ2v) is 2.62. The van der Waals surface area contributed by atoms with Crippen LogP contribution in [0, 0.1) is 6.92 Å². The number of rotatable bonds is 6. The topological polar surface area (TPSA) is 0 Å². The molecular formula is C9H20Na. The van der Waals surface area contributed by atoms with Crippen LogP contribution in [0.5, 0.6) is 0 Å². The van der Waals surface area contributed by atoms with Gasteiger partial charge in [0.1, 0.15) is 0 Å². The van der Waals surface area contributed by atoms with Crippen molar-refractivity contribution in [2.24, 2.45) is 0 Å². The molecule has 0 saturated carbocycles. The molecule has 0 aliphatic carbocycles. The van der Waals surface area contributed by atoms with E-state index in [0.29, 0.717) is 0 Å². The summed E-state index contributed by atoms with van der Waals surface area (Å²) in [7, 11) is 0. The Bertz CT molecular complexity index is 38.0. The number of hydrogen-bond donors (Lipinski definition) is 0. The zero-order valence-corrected chi connectivity index (χ0v) is 6.66. The first-order chi connectivity index (χ1) is 4.41. The molecule has 0 N–H and O–H groups in total. The van der Waals surface area contributed by atoms with Crippen LogP contribution in [0.1, 0.15) is 51.9 Å². The number of unbranched alkanes of at least 4 members (excludes halogenated alkanes) is 6. The van der Waals surface area contributed by atoms with Gasteiger partial charge in [0.25, 0.3) is 0 Å². The maximum absolute atomic E-state index is 3.80. The van der Waals surface area contributed by atoms with E-state index in [1.54, 1.807) is 0 Å². The van der Waals surface area contributed by atoms with Gasteiger partial charge in [0.2, 0.25) is 0 Å². The van der Waals surface area contributed by atoms with Crippen LogP contribution in [0.3, 0.4) is 0 Å². The molecule has 0 bridgehead atoms. The molecule has 0 rings (SSSR count). The normalized spacial score (nSPS) is 9.00. The van der Waals surface area contributed by atoms with Crippen LogP contribution in [-0.4, -0.2) is 29.6 Å². The monoisotopic (exact) mass is 151 g/mol. The Kier molecular flexibility index (Phi) is 17.2. The van der Waals surface area contributed by atoms with Crippen LogP contribution in [0.2, 0.25) is 0 Å². The molecule has 0 heterocycles. The van der Waals surface area contributed by atoms with E-state index in [1.165, 1.54) is 38.5 Å². The quantitative estimate of drug-likeness (QED) is 0.404. The first kappa shape index (κ1) is 13.6. The molecule has 0 spiro atoms. The van der Waals surface area contributed by atoms with E-state index >= 15 is 0 Å². The summed E-state index contributed by atoms with van der Waals surface area (Å²) >= 11 is 0. The van der Waals surface area contributed by atoms with Crippen molar-refractivity contribution >= 4 is 29.6 Å². The van der Waals surface area contributed by atoms with E-state index in [0.717, 1.165) is 6.42 Å². The summed E-state index contributed by atoms with van der Waals surface area (Å²) in [6, 6.07) is 0. The van der Waals surface area contributed by atoms with Crippen LogP contribution < -0.4 is 0 Å². The molecule has 0 aliphatic rings. The third-order valence-corrected chi connectivity index (χ3v) is 1.60. The Balaban J connectivity index is 0. The second-order valence-electron chi connectivity index (χ2n) is 2.62. The summed E-state index contributed by atoms with van der Waals surface area (Å²) in [5.74, 6) is 0. The van der Waals surface area contributed by atoms with Crippen molar-refractivity contribution in [2.45, 2.75) is 51.9 Å². The molecule has 0 aromatic carbocycles. The van der Waals surface area contributed by atoms with Gasteiger partial charge >= 0.3 is 29.6 Å². The van der Waals surface area contributed by atoms with E-state index < -0.39 is 0 Å². The summed E-state index contributed by atoms with van der Waals surface area (Å²) in [6.45, 7) is 6.05. The predicted molar refractivity (Wildman–Crippen MR) is 50.5 cm³/mol. The van der Waals surface area contributed by atoms with Gasteiger partial charge in [0, 0.05) is 0 Å². The van der Waals surface area contributed by atoms with E-state index in [-0.39, 0.29) is 29.6 Å². The standard InChI is InChI=1S/C9H19.Na.H/c1-3-5-7-9-8-6-4-2;;/h1,3-9H2,2H3;;. The van der Waals surface area contributed by atoms with Crippen LogP contribution in [0.25, 0.3) is 0 Å². The SMILES string of the molecule is [CH2]CCCCCCCC.[NaH]. The average molecular weight is 151 g/mol. The molecule has 0 unspecified atom stereocenters. The van der Waals surface area contributed by atoms with Crippen molar-refractivity contribution in [3.63, 3.8) is 0 Å². The summed E-state index contributed by atoms with van der Waals surface area (Å²) in [5, 5.41) is 0. The van der Waals surface area contributed by atoms with E-state index in [1.807, 2.05) is 0 Å². The predicted octanol–water partition coefficient (Wildman–Crippen LogP) is 2.92. The van der Waals surface area contributed by atoms with Gasteiger partial charge in [-0.25, -0.2) is 0 Å². The van der Waals surface area contributed by atoms with E-state index in [2.05, 4.69) is 13.8 Å². The Hall–Kier alpha value is 1.00. The third kappa shape index (κ3) is 11.8. The van der Waals surface area contributed by atoms with Crippen molar-refractivity contribution in [1.29, 1.82) is 0 Å². The van der Waals surface area contributed by atoms with Crippen LogP contribution >= 0.6 is 0 Å². The third-order valence-electron chi connectivity index (χ3n) is 1.60. The van der Waals surface area contributed by atoms with Gasteiger partial charge in [-0.05, 0) is 0 Å². The first-order valence-corrected chi connectivity index (χ1v) is 4.21. The molecule has 0 aromatic rings. The fourth-order valence-electron chi connectivity index (χ4n) is 0.957. The Morgan fingerprint density at radius 1 is 0.900 bits per heavy atom. The summed E-state index contributed by atoms with van der Waals surface area (Å²) < 4.78 is 0. The number of hydrogen-bond acceptors (Lipinski definition) is 0. The van der Waals surface area contributed by atoms with Gasteiger partial charge < -0.3 is 0 Å². The van der Waals surface area contributed by atoms with Crippen molar-refractivity contribution in [3.8, 4) is 0 Å². The molecule has 0 atom stereocenters. The molecule has 0 aliphatic heterocycles. The van der Waals surface area contributed by atoms with Crippen molar-refractivity contribution in [2.75, 3.05) is 0 Å². The summed E-state index contributed by atoms with van der Waals surface area (Å²) in [4.78, 5) is 0. The summed E-state index contributed by atoms with van der Waals surface area (Å²) in [5.41, 5.74) is 0. The fraction of sp³-hybridized carbons (Fsp3) is 0.889. The Labute approximate surface area is 88.1 Å². The molecule has 1 heteroatoms. The van der Waals surface area contributed by atoms with Gasteiger partial charge in [-0.15, -0.1) is 0 Å². The molecule has 0 amide bonds. The van der Waals surface area contributed by atoms with Crippen LogP contribution in [0.4, 0.5) is 0 Å². The maximum atomic E-state index is 3.80. The van der Waals surface area contributed by atoms with Crippen LogP contribution in [0.15, 0.2) is 0 Å². The zero-order valence-electron chi connectivity index (χ0n) is 6.66. The van der Waals surface area contributed by atoms with E-state index in [4.69, 9.17) is 0 Å². The first-order valence-electron chi connectivity index (χ1n) is 4.21. The van der Waals surface area contributed by atoms with Crippen molar-refractivity contribution in [1.82, 2.24) is 0 Å². The molecule has 10 heavy (non-hydrogen) atoms. The van der Waals surface area contributed by atoms with Gasteiger partial charge in [0.15, 0.2) is 0 Å². The molecule has 1 radical (unpaired) electrons. The Morgan fingerprint density at radius 2 is 1.40 bits per heavy atom. The molecule has 0 aromatic heterocycles.